The zero-order valence-electron chi connectivity index (χ0n) is 11.8. The second-order valence-corrected chi connectivity index (χ2v) is 12.1. The maximum atomic E-state index is 12.3. The van der Waals surface area contributed by atoms with Crippen LogP contribution in [0, 0.1) is 13.8 Å². The van der Waals surface area contributed by atoms with Gasteiger partial charge in [-0.3, -0.25) is 0 Å². The molecule has 0 bridgehead atoms. The Bertz CT molecular complexity index is 673. The fourth-order valence-corrected chi connectivity index (χ4v) is 7.58. The molecule has 2 heterocycles. The van der Waals surface area contributed by atoms with Crippen LogP contribution < -0.4 is 5.73 Å². The Morgan fingerprint density at radius 2 is 2.14 bits per heavy atom. The topological polar surface area (TPSA) is 102 Å². The summed E-state index contributed by atoms with van der Waals surface area (Å²) in [5, 5.41) is 0. The Balaban J connectivity index is 2.12. The summed E-state index contributed by atoms with van der Waals surface area (Å²) in [6, 6.07) is 1.99. The number of rotatable bonds is 4. The van der Waals surface area contributed by atoms with Crippen LogP contribution in [0.2, 0.25) is 0 Å². The monoisotopic (exact) mass is 390 g/mol. The van der Waals surface area contributed by atoms with Gasteiger partial charge in [-0.2, -0.15) is 0 Å². The molecule has 0 aromatic carbocycles. The zero-order chi connectivity index (χ0) is 15.6. The van der Waals surface area contributed by atoms with Crippen molar-refractivity contribution in [3.05, 3.63) is 38.5 Å². The number of ether oxygens (including phenoxy) is 1. The fourth-order valence-electron chi connectivity index (χ4n) is 2.21. The van der Waals surface area contributed by atoms with Crippen LogP contribution >= 0.6 is 0 Å². The molecule has 0 fully saturated rings. The molecule has 0 radical (unpaired) electrons. The summed E-state index contributed by atoms with van der Waals surface area (Å²) in [4.78, 5) is 37.8. The van der Waals surface area contributed by atoms with Crippen LogP contribution in [0.4, 0.5) is 4.79 Å². The van der Waals surface area contributed by atoms with E-state index in [1.54, 1.807) is 16.0 Å². The number of carbonyl (C=O) groups is 3. The van der Waals surface area contributed by atoms with Crippen LogP contribution in [0.5, 0.6) is 0 Å². The molecule has 21 heavy (non-hydrogen) atoms. The molecule has 1 aromatic heterocycles. The number of aromatic amines is 1. The van der Waals surface area contributed by atoms with E-state index in [0.29, 0.717) is 5.57 Å². The number of amides is 1. The molecule has 0 saturated heterocycles. The number of nitrogens with one attached hydrogen (secondary N) is 1. The average molecular weight is 390 g/mol. The number of aryl methyl sites for hydroxylation is 2. The molecule has 0 spiro atoms. The molecule has 1 aliphatic rings. The fraction of sp³-hybridized carbons (Fsp3) is 0.214. The molecule has 0 saturated carbocycles. The van der Waals surface area contributed by atoms with E-state index in [2.05, 4.69) is 9.72 Å². The zero-order valence-corrected chi connectivity index (χ0v) is 15.1. The summed E-state index contributed by atoms with van der Waals surface area (Å²) in [6.45, 7) is 3.49. The van der Waals surface area contributed by atoms with E-state index in [0.717, 1.165) is 17.0 Å². The Labute approximate surface area is 129 Å². The number of primary amides is 1. The van der Waals surface area contributed by atoms with Crippen molar-refractivity contribution in [2.24, 2.45) is 5.73 Å². The van der Waals surface area contributed by atoms with Crippen LogP contribution in [0.25, 0.3) is 6.08 Å². The molecule has 3 N–H and O–H groups in total. The molecule has 1 aromatic rings. The van der Waals surface area contributed by atoms with Gasteiger partial charge in [0, 0.05) is 0 Å². The quantitative estimate of drug-likeness (QED) is 0.747. The first-order valence-corrected chi connectivity index (χ1v) is 11.6. The van der Waals surface area contributed by atoms with Crippen molar-refractivity contribution in [3.8, 4) is 0 Å². The summed E-state index contributed by atoms with van der Waals surface area (Å²) in [6.07, 6.45) is 2.46. The van der Waals surface area contributed by atoms with Gasteiger partial charge >= 0.3 is 129 Å². The summed E-state index contributed by atoms with van der Waals surface area (Å²) in [5.41, 5.74) is 8.28. The van der Waals surface area contributed by atoms with Crippen molar-refractivity contribution in [1.82, 2.24) is 4.98 Å². The van der Waals surface area contributed by atoms with Crippen LogP contribution in [-0.2, 0) is 14.3 Å². The standard InChI is InChI=1S/C11H11NO.C3H4NO3.In/c1-4-10(7-13)6-11-8(2)5-9(3)12-11;4-3(6)7-2-1-5;/h1,4-6,12H,2-3H3;2H2,(H2,4,6);/b4-1?,10-6-;;. The van der Waals surface area contributed by atoms with Crippen molar-refractivity contribution in [2.75, 3.05) is 6.61 Å². The second kappa shape index (κ2) is 6.34. The Morgan fingerprint density at radius 3 is 2.71 bits per heavy atom. The summed E-state index contributed by atoms with van der Waals surface area (Å²) < 4.78 is 5.81. The van der Waals surface area contributed by atoms with E-state index in [-0.39, 0.29) is 7.08 Å². The van der Waals surface area contributed by atoms with Crippen molar-refractivity contribution in [2.45, 2.75) is 13.8 Å². The second-order valence-electron chi connectivity index (χ2n) is 4.92. The molecule has 1 aliphatic heterocycles. The molecular formula is C14H15InN2O4. The Hall–Kier alpha value is -1.76. The summed E-state index contributed by atoms with van der Waals surface area (Å²) in [7, 11) is 0. The number of H-pyrrole nitrogens is 1. The minimum absolute atomic E-state index is 0.0958. The molecule has 6 nitrogen and oxygen atoms in total. The third kappa shape index (κ3) is 3.66. The number of carbonyl (C=O) groups excluding carboxylic acids is 3. The number of allylic oxidation sites excluding steroid dienone is 2. The Kier molecular flexibility index (Phi) is 4.72. The number of hydrogen-bond acceptors (Lipinski definition) is 4. The van der Waals surface area contributed by atoms with Gasteiger partial charge in [0.1, 0.15) is 0 Å². The molecule has 1 amide bonds. The van der Waals surface area contributed by atoms with Gasteiger partial charge in [0.15, 0.2) is 0 Å². The van der Waals surface area contributed by atoms with Gasteiger partial charge < -0.3 is 0 Å². The predicted octanol–water partition coefficient (Wildman–Crippen LogP) is 0.931. The molecule has 0 aliphatic carbocycles. The number of nitrogens with two attached hydrogens (primary N) is 1. The van der Waals surface area contributed by atoms with Crippen molar-refractivity contribution < 1.29 is 19.1 Å². The molecule has 108 valence electrons. The van der Waals surface area contributed by atoms with Gasteiger partial charge in [0.25, 0.3) is 0 Å². The normalized spacial score (nSPS) is 15.8. The Morgan fingerprint density at radius 1 is 1.43 bits per heavy atom. The van der Waals surface area contributed by atoms with Crippen molar-refractivity contribution in [3.63, 3.8) is 0 Å². The van der Waals surface area contributed by atoms with Crippen molar-refractivity contribution >= 4 is 40.7 Å². The molecule has 0 atom stereocenters. The van der Waals surface area contributed by atoms with Gasteiger partial charge in [0.2, 0.25) is 0 Å². The molecule has 2 rings (SSSR count). The number of aromatic nitrogens is 1. The van der Waals surface area contributed by atoms with Crippen LogP contribution in [-0.4, -0.2) is 46.2 Å². The molecule has 7 heteroatoms. The van der Waals surface area contributed by atoms with Gasteiger partial charge in [-0.1, -0.05) is 0 Å². The number of hydrogen-bond donors (Lipinski definition) is 2. The van der Waals surface area contributed by atoms with Gasteiger partial charge in [-0.15, -0.1) is 0 Å². The van der Waals surface area contributed by atoms with E-state index >= 15 is 0 Å². The van der Waals surface area contributed by atoms with E-state index < -0.39 is 34.1 Å². The maximum absolute atomic E-state index is 12.3. The third-order valence-electron chi connectivity index (χ3n) is 3.23. The van der Waals surface area contributed by atoms with Gasteiger partial charge in [-0.25, -0.2) is 0 Å². The van der Waals surface area contributed by atoms with E-state index in [9.17, 15) is 14.4 Å². The first-order chi connectivity index (χ1) is 9.88. The summed E-state index contributed by atoms with van der Waals surface area (Å²) >= 11 is -3.18. The molecular weight excluding hydrogens is 375 g/mol. The third-order valence-corrected chi connectivity index (χ3v) is 9.90. The first kappa shape index (κ1) is 15.6. The van der Waals surface area contributed by atoms with E-state index in [4.69, 9.17) is 5.73 Å². The van der Waals surface area contributed by atoms with Gasteiger partial charge in [-0.05, 0) is 0 Å². The van der Waals surface area contributed by atoms with Crippen LogP contribution in [0.1, 0.15) is 17.0 Å². The van der Waals surface area contributed by atoms with E-state index in [1.807, 2.05) is 19.9 Å². The van der Waals surface area contributed by atoms with Crippen LogP contribution in [0.3, 0.4) is 0 Å². The van der Waals surface area contributed by atoms with Crippen LogP contribution in [0.15, 0.2) is 21.5 Å². The van der Waals surface area contributed by atoms with Gasteiger partial charge in [0.05, 0.1) is 0 Å². The molecule has 0 unspecified atom stereocenters. The van der Waals surface area contributed by atoms with E-state index in [1.165, 1.54) is 0 Å². The van der Waals surface area contributed by atoms with Crippen molar-refractivity contribution in [1.29, 1.82) is 0 Å². The predicted molar refractivity (Wildman–Crippen MR) is 78.7 cm³/mol. The first-order valence-electron chi connectivity index (χ1n) is 6.43. The minimum atomic E-state index is -3.18. The average Bonchev–Trinajstić information content (AvgIpc) is 2.91. The SMILES string of the molecule is Cc1cc(C)c(/C=C2/C=[CH][In]([C](=O)COC(N)=O)[C]2=O)[nH]1. The summed E-state index contributed by atoms with van der Waals surface area (Å²) in [5.74, 6) is 0.